The van der Waals surface area contributed by atoms with E-state index in [-0.39, 0.29) is 17.8 Å². The molecule has 0 amide bonds. The Hall–Kier alpha value is -1.92. The number of aromatic nitrogens is 2. The summed E-state index contributed by atoms with van der Waals surface area (Å²) in [6.07, 6.45) is 0. The maximum Gasteiger partial charge on any atom is 0.330 e. The van der Waals surface area contributed by atoms with Gasteiger partial charge in [0.2, 0.25) is 0 Å². The lowest BCUT2D eigenvalue weighted by Gasteiger charge is -2.13. The summed E-state index contributed by atoms with van der Waals surface area (Å²) in [6.45, 7) is 0.279. The first-order valence-electron chi connectivity index (χ1n) is 6.38. The van der Waals surface area contributed by atoms with Crippen molar-refractivity contribution in [2.45, 2.75) is 6.54 Å². The molecule has 1 aromatic heterocycles. The predicted molar refractivity (Wildman–Crippen MR) is 87.3 cm³/mol. The normalized spacial score (nSPS) is 10.6. The molecule has 1 N–H and O–H groups in total. The molecule has 6 nitrogen and oxygen atoms in total. The van der Waals surface area contributed by atoms with Gasteiger partial charge in [0.1, 0.15) is 0 Å². The minimum atomic E-state index is -0.380. The largest absolute Gasteiger partial charge is 0.494 e. The molecule has 0 saturated carbocycles. The first kappa shape index (κ1) is 16.5. The second-order valence-electron chi connectivity index (χ2n) is 4.70. The van der Waals surface area contributed by atoms with Crippen LogP contribution in [0, 0.1) is 0 Å². The van der Waals surface area contributed by atoms with E-state index in [1.165, 1.54) is 24.8 Å². The molecule has 0 fully saturated rings. The van der Waals surface area contributed by atoms with Gasteiger partial charge in [-0.2, -0.15) is 0 Å². The quantitative estimate of drug-likeness (QED) is 0.922. The van der Waals surface area contributed by atoms with Crippen LogP contribution in [0.5, 0.6) is 5.75 Å². The van der Waals surface area contributed by atoms with Gasteiger partial charge in [-0.1, -0.05) is 23.2 Å². The van der Waals surface area contributed by atoms with E-state index in [0.29, 0.717) is 27.2 Å². The summed E-state index contributed by atoms with van der Waals surface area (Å²) >= 11 is 12.1. The maximum absolute atomic E-state index is 11.9. The fourth-order valence-electron chi connectivity index (χ4n) is 2.00. The zero-order valence-electron chi connectivity index (χ0n) is 12.3. The predicted octanol–water partition coefficient (Wildman–Crippen LogP) is 2.01. The number of methoxy groups -OCH3 is 1. The van der Waals surface area contributed by atoms with Gasteiger partial charge in [-0.05, 0) is 12.1 Å². The average Bonchev–Trinajstić information content (AvgIpc) is 2.47. The number of hydrogen-bond donors (Lipinski definition) is 1. The molecule has 2 rings (SSSR count). The van der Waals surface area contributed by atoms with E-state index in [9.17, 15) is 9.59 Å². The van der Waals surface area contributed by atoms with Crippen LogP contribution in [0.2, 0.25) is 10.0 Å². The zero-order chi connectivity index (χ0) is 16.4. The molecule has 0 aliphatic heterocycles. The summed E-state index contributed by atoms with van der Waals surface area (Å²) in [5.74, 6) is 0.398. The van der Waals surface area contributed by atoms with Crippen LogP contribution in [-0.2, 0) is 20.6 Å². The maximum atomic E-state index is 11.9. The van der Waals surface area contributed by atoms with Crippen molar-refractivity contribution in [1.29, 1.82) is 0 Å². The number of nitrogens with one attached hydrogen (secondary N) is 1. The van der Waals surface area contributed by atoms with E-state index >= 15 is 0 Å². The lowest BCUT2D eigenvalue weighted by molar-refractivity contribution is 0.415. The highest BCUT2D eigenvalue weighted by molar-refractivity contribution is 6.37. The highest BCUT2D eigenvalue weighted by atomic mass is 35.5. The molecular weight excluding hydrogens is 329 g/mol. The molecule has 0 aliphatic carbocycles. The number of hydrogen-bond acceptors (Lipinski definition) is 4. The summed E-state index contributed by atoms with van der Waals surface area (Å²) < 4.78 is 7.53. The van der Waals surface area contributed by atoms with Crippen molar-refractivity contribution in [2.75, 3.05) is 12.4 Å². The Bertz CT molecular complexity index is 804. The number of anilines is 1. The molecule has 1 aromatic carbocycles. The lowest BCUT2D eigenvalue weighted by Crippen LogP contribution is -2.38. The molecule has 8 heteroatoms. The Balaban J connectivity index is 2.28. The van der Waals surface area contributed by atoms with Crippen LogP contribution >= 0.6 is 23.2 Å². The second-order valence-corrected chi connectivity index (χ2v) is 5.52. The Labute approximate surface area is 136 Å². The summed E-state index contributed by atoms with van der Waals surface area (Å²) in [6, 6.07) is 4.72. The van der Waals surface area contributed by atoms with Crippen LogP contribution in [0.1, 0.15) is 5.69 Å². The number of ether oxygens (including phenoxy) is 1. The Morgan fingerprint density at radius 2 is 1.68 bits per heavy atom. The van der Waals surface area contributed by atoms with Gasteiger partial charge in [0, 0.05) is 31.5 Å². The molecule has 22 heavy (non-hydrogen) atoms. The molecule has 2 aromatic rings. The molecule has 0 radical (unpaired) electrons. The lowest BCUT2D eigenvalue weighted by atomic mass is 10.3. The van der Waals surface area contributed by atoms with Crippen molar-refractivity contribution in [3.05, 3.63) is 54.8 Å². The highest BCUT2D eigenvalue weighted by Gasteiger charge is 2.10. The first-order chi connectivity index (χ1) is 10.3. The standard InChI is InChI=1S/C14H15Cl2N3O3/c1-18-9(6-12(20)19(2)14(18)21)7-17-8-4-10(15)13(22-3)11(16)5-8/h4-6,17H,7H2,1-3H3. The molecule has 1 heterocycles. The minimum absolute atomic E-state index is 0.279. The molecule has 118 valence electrons. The van der Waals surface area contributed by atoms with E-state index < -0.39 is 0 Å². The van der Waals surface area contributed by atoms with Gasteiger partial charge in [-0.25, -0.2) is 4.79 Å². The van der Waals surface area contributed by atoms with Gasteiger partial charge in [0.25, 0.3) is 5.56 Å². The topological polar surface area (TPSA) is 65.3 Å². The molecule has 0 spiro atoms. The third kappa shape index (κ3) is 3.13. The van der Waals surface area contributed by atoms with E-state index in [4.69, 9.17) is 27.9 Å². The fraction of sp³-hybridized carbons (Fsp3) is 0.286. The van der Waals surface area contributed by atoms with Crippen molar-refractivity contribution in [3.63, 3.8) is 0 Å². The van der Waals surface area contributed by atoms with Gasteiger partial charge in [0.15, 0.2) is 5.75 Å². The van der Waals surface area contributed by atoms with Gasteiger partial charge < -0.3 is 10.1 Å². The molecular formula is C14H15Cl2N3O3. The van der Waals surface area contributed by atoms with E-state index in [0.717, 1.165) is 4.57 Å². The molecule has 0 unspecified atom stereocenters. The van der Waals surface area contributed by atoms with Gasteiger partial charge in [-0.3, -0.25) is 13.9 Å². The first-order valence-corrected chi connectivity index (χ1v) is 7.13. The van der Waals surface area contributed by atoms with E-state index in [2.05, 4.69) is 5.32 Å². The average molecular weight is 344 g/mol. The molecule has 0 atom stereocenters. The highest BCUT2D eigenvalue weighted by Crippen LogP contribution is 2.35. The van der Waals surface area contributed by atoms with Crippen LogP contribution in [0.15, 0.2) is 27.8 Å². The van der Waals surface area contributed by atoms with Crippen LogP contribution < -0.4 is 21.3 Å². The number of benzene rings is 1. The number of nitrogens with zero attached hydrogens (tertiary/aromatic N) is 2. The van der Waals surface area contributed by atoms with Crippen molar-refractivity contribution in [3.8, 4) is 5.75 Å². The fourth-order valence-corrected chi connectivity index (χ4v) is 2.64. The van der Waals surface area contributed by atoms with Gasteiger partial charge in [0.05, 0.1) is 23.7 Å². The Morgan fingerprint density at radius 3 is 2.23 bits per heavy atom. The van der Waals surface area contributed by atoms with E-state index in [1.807, 2.05) is 0 Å². The van der Waals surface area contributed by atoms with Crippen molar-refractivity contribution < 1.29 is 4.74 Å². The van der Waals surface area contributed by atoms with Crippen LogP contribution in [0.3, 0.4) is 0 Å². The third-order valence-electron chi connectivity index (χ3n) is 3.30. The SMILES string of the molecule is COc1c(Cl)cc(NCc2cc(=O)n(C)c(=O)n2C)cc1Cl. The molecule has 0 saturated heterocycles. The Kier molecular flexibility index (Phi) is 4.83. The van der Waals surface area contributed by atoms with Gasteiger partial charge >= 0.3 is 5.69 Å². The van der Waals surface area contributed by atoms with Crippen LogP contribution in [-0.4, -0.2) is 16.2 Å². The van der Waals surface area contributed by atoms with Crippen molar-refractivity contribution in [1.82, 2.24) is 9.13 Å². The monoisotopic (exact) mass is 343 g/mol. The second kappa shape index (κ2) is 6.46. The number of halogens is 2. The number of rotatable bonds is 4. The summed E-state index contributed by atoms with van der Waals surface area (Å²) in [5.41, 5.74) is 0.473. The van der Waals surface area contributed by atoms with Crippen LogP contribution in [0.4, 0.5) is 5.69 Å². The molecule has 0 bridgehead atoms. The van der Waals surface area contributed by atoms with E-state index in [1.54, 1.807) is 19.2 Å². The van der Waals surface area contributed by atoms with Crippen molar-refractivity contribution >= 4 is 28.9 Å². The van der Waals surface area contributed by atoms with Crippen molar-refractivity contribution in [2.24, 2.45) is 14.1 Å². The Morgan fingerprint density at radius 1 is 1.09 bits per heavy atom. The zero-order valence-corrected chi connectivity index (χ0v) is 13.8. The summed E-state index contributed by atoms with van der Waals surface area (Å²) in [7, 11) is 4.52. The molecule has 0 aliphatic rings. The third-order valence-corrected chi connectivity index (χ3v) is 3.86. The summed E-state index contributed by atoms with van der Waals surface area (Å²) in [5, 5.41) is 3.82. The smallest absolute Gasteiger partial charge is 0.330 e. The van der Waals surface area contributed by atoms with Crippen LogP contribution in [0.25, 0.3) is 0 Å². The van der Waals surface area contributed by atoms with Gasteiger partial charge in [-0.15, -0.1) is 0 Å². The summed E-state index contributed by atoms with van der Waals surface area (Å²) in [4.78, 5) is 23.5. The minimum Gasteiger partial charge on any atom is -0.494 e.